The summed E-state index contributed by atoms with van der Waals surface area (Å²) >= 11 is 5.72. The lowest BCUT2D eigenvalue weighted by atomic mass is 10.1. The second-order valence-corrected chi connectivity index (χ2v) is 3.99. The Hall–Kier alpha value is -1.96. The number of hydrogen-bond donors (Lipinski definition) is 1. The van der Waals surface area contributed by atoms with Gasteiger partial charge in [0.05, 0.1) is 34.8 Å². The van der Waals surface area contributed by atoms with Crippen molar-refractivity contribution in [1.29, 1.82) is 10.5 Å². The summed E-state index contributed by atoms with van der Waals surface area (Å²) in [6, 6.07) is 5.13. The predicted molar refractivity (Wildman–Crippen MR) is 62.8 cm³/mol. The summed E-state index contributed by atoms with van der Waals surface area (Å²) in [5, 5.41) is 18.0. The van der Waals surface area contributed by atoms with Crippen molar-refractivity contribution in [3.05, 3.63) is 28.8 Å². The van der Waals surface area contributed by atoms with E-state index < -0.39 is 17.8 Å². The first-order chi connectivity index (χ1) is 8.81. The highest BCUT2D eigenvalue weighted by atomic mass is 35.5. The van der Waals surface area contributed by atoms with Gasteiger partial charge >= 0.3 is 6.18 Å². The number of nitrogens with two attached hydrogens (primary N) is 1. The number of halogens is 4. The minimum atomic E-state index is -4.51. The van der Waals surface area contributed by atoms with E-state index in [1.54, 1.807) is 12.1 Å². The molecule has 1 atom stereocenters. The molecule has 0 fully saturated rings. The molecule has 0 saturated carbocycles. The Bertz CT molecular complexity index is 544. The fourth-order valence-electron chi connectivity index (χ4n) is 1.35. The molecular formula is C11H8ClF3N4. The van der Waals surface area contributed by atoms with E-state index in [4.69, 9.17) is 28.0 Å². The van der Waals surface area contributed by atoms with Gasteiger partial charge in [-0.05, 0) is 18.2 Å². The molecule has 1 aromatic carbocycles. The van der Waals surface area contributed by atoms with Crippen LogP contribution < -0.4 is 10.9 Å². The van der Waals surface area contributed by atoms with Gasteiger partial charge in [0.2, 0.25) is 0 Å². The Morgan fingerprint density at radius 1 is 1.37 bits per heavy atom. The highest BCUT2D eigenvalue weighted by molar-refractivity contribution is 6.33. The van der Waals surface area contributed by atoms with Crippen LogP contribution in [0.3, 0.4) is 0 Å². The molecule has 0 aliphatic rings. The van der Waals surface area contributed by atoms with Crippen molar-refractivity contribution in [3.8, 4) is 12.1 Å². The average molecular weight is 289 g/mol. The maximum absolute atomic E-state index is 12.4. The van der Waals surface area contributed by atoms with Gasteiger partial charge in [0.15, 0.2) is 0 Å². The minimum Gasteiger partial charge on any atom is -0.291 e. The van der Waals surface area contributed by atoms with E-state index in [1.165, 1.54) is 0 Å². The Balaban J connectivity index is 3.10. The molecule has 0 radical (unpaired) electrons. The van der Waals surface area contributed by atoms with Crippen LogP contribution in [-0.4, -0.2) is 6.04 Å². The van der Waals surface area contributed by atoms with Crippen LogP contribution in [0.2, 0.25) is 5.02 Å². The highest BCUT2D eigenvalue weighted by Gasteiger charge is 2.31. The lowest BCUT2D eigenvalue weighted by Gasteiger charge is -2.23. The summed E-state index contributed by atoms with van der Waals surface area (Å²) in [4.78, 5) is 0. The molecule has 19 heavy (non-hydrogen) atoms. The Kier molecular flexibility index (Phi) is 4.60. The van der Waals surface area contributed by atoms with Crippen LogP contribution in [-0.2, 0) is 6.18 Å². The van der Waals surface area contributed by atoms with Crippen LogP contribution >= 0.6 is 11.6 Å². The largest absolute Gasteiger partial charge is 0.416 e. The molecule has 0 aromatic heterocycles. The summed E-state index contributed by atoms with van der Waals surface area (Å²) in [6.07, 6.45) is -4.70. The van der Waals surface area contributed by atoms with Crippen LogP contribution in [0.1, 0.15) is 12.0 Å². The summed E-state index contributed by atoms with van der Waals surface area (Å²) in [6.45, 7) is 0. The molecule has 8 heteroatoms. The third-order valence-corrected chi connectivity index (χ3v) is 2.63. The number of nitrogens with zero attached hydrogens (tertiary/aromatic N) is 3. The summed E-state index contributed by atoms with van der Waals surface area (Å²) in [5.41, 5.74) is -0.861. The SMILES string of the molecule is N#CCC(C#N)N(N)c1ccc(C(F)(F)F)cc1Cl. The van der Waals surface area contributed by atoms with Crippen LogP contribution in [0.5, 0.6) is 0 Å². The maximum atomic E-state index is 12.4. The molecule has 1 aromatic rings. The van der Waals surface area contributed by atoms with Crippen molar-refractivity contribution in [2.24, 2.45) is 5.84 Å². The maximum Gasteiger partial charge on any atom is 0.416 e. The topological polar surface area (TPSA) is 76.8 Å². The normalized spacial score (nSPS) is 12.4. The Morgan fingerprint density at radius 2 is 2.00 bits per heavy atom. The summed E-state index contributed by atoms with van der Waals surface area (Å²) in [7, 11) is 0. The molecule has 100 valence electrons. The van der Waals surface area contributed by atoms with Gasteiger partial charge in [0, 0.05) is 0 Å². The van der Waals surface area contributed by atoms with Gasteiger partial charge in [-0.2, -0.15) is 23.7 Å². The first kappa shape index (κ1) is 15.1. The zero-order chi connectivity index (χ0) is 14.6. The van der Waals surface area contributed by atoms with Crippen molar-refractivity contribution in [1.82, 2.24) is 0 Å². The van der Waals surface area contributed by atoms with Gasteiger partial charge in [-0.15, -0.1) is 0 Å². The summed E-state index contributed by atoms with van der Waals surface area (Å²) in [5.74, 6) is 5.59. The standard InChI is InChI=1S/C11H8ClF3N4/c12-9-5-7(11(13,14)15)1-2-10(9)19(18)8(6-17)3-4-16/h1-2,5,8H,3,18H2. The number of benzene rings is 1. The number of anilines is 1. The van der Waals surface area contributed by atoms with E-state index >= 15 is 0 Å². The smallest absolute Gasteiger partial charge is 0.291 e. The number of hydrazine groups is 1. The molecule has 0 amide bonds. The van der Waals surface area contributed by atoms with Crippen molar-refractivity contribution in [2.45, 2.75) is 18.6 Å². The van der Waals surface area contributed by atoms with Crippen molar-refractivity contribution in [3.63, 3.8) is 0 Å². The number of hydrogen-bond acceptors (Lipinski definition) is 4. The molecule has 0 bridgehead atoms. The molecule has 0 heterocycles. The van der Waals surface area contributed by atoms with Gasteiger partial charge < -0.3 is 0 Å². The second kappa shape index (κ2) is 5.79. The van der Waals surface area contributed by atoms with Crippen LogP contribution in [0.25, 0.3) is 0 Å². The van der Waals surface area contributed by atoms with Crippen LogP contribution in [0, 0.1) is 22.7 Å². The first-order valence-electron chi connectivity index (χ1n) is 4.98. The molecule has 1 unspecified atom stereocenters. The number of alkyl halides is 3. The van der Waals surface area contributed by atoms with E-state index in [2.05, 4.69) is 0 Å². The fraction of sp³-hybridized carbons (Fsp3) is 0.273. The van der Waals surface area contributed by atoms with E-state index in [0.717, 1.165) is 23.2 Å². The van der Waals surface area contributed by atoms with Crippen molar-refractivity contribution < 1.29 is 13.2 Å². The highest BCUT2D eigenvalue weighted by Crippen LogP contribution is 2.34. The van der Waals surface area contributed by atoms with Crippen LogP contribution in [0.15, 0.2) is 18.2 Å². The number of nitriles is 2. The Morgan fingerprint density at radius 3 is 2.42 bits per heavy atom. The molecular weight excluding hydrogens is 281 g/mol. The molecule has 0 saturated heterocycles. The van der Waals surface area contributed by atoms with Gasteiger partial charge in [-0.3, -0.25) is 5.01 Å². The van der Waals surface area contributed by atoms with Gasteiger partial charge in [0.1, 0.15) is 6.04 Å². The molecule has 4 nitrogen and oxygen atoms in total. The zero-order valence-corrected chi connectivity index (χ0v) is 10.2. The minimum absolute atomic E-state index is 0.0523. The van der Waals surface area contributed by atoms with E-state index in [-0.39, 0.29) is 17.1 Å². The fourth-order valence-corrected chi connectivity index (χ4v) is 1.63. The van der Waals surface area contributed by atoms with Gasteiger partial charge in [-0.1, -0.05) is 11.6 Å². The lowest BCUT2D eigenvalue weighted by Crippen LogP contribution is -2.40. The first-order valence-corrected chi connectivity index (χ1v) is 5.36. The Labute approximate surface area is 112 Å². The molecule has 0 aliphatic heterocycles. The van der Waals surface area contributed by atoms with E-state index in [1.807, 2.05) is 0 Å². The predicted octanol–water partition coefficient (Wildman–Crippen LogP) is 2.84. The quantitative estimate of drug-likeness (QED) is 0.685. The molecule has 0 spiro atoms. The molecule has 1 rings (SSSR count). The van der Waals surface area contributed by atoms with Gasteiger partial charge in [-0.25, -0.2) is 5.84 Å². The van der Waals surface area contributed by atoms with Crippen LogP contribution in [0.4, 0.5) is 18.9 Å². The molecule has 2 N–H and O–H groups in total. The van der Waals surface area contributed by atoms with Gasteiger partial charge in [0.25, 0.3) is 0 Å². The average Bonchev–Trinajstić information content (AvgIpc) is 2.34. The lowest BCUT2D eigenvalue weighted by molar-refractivity contribution is -0.137. The number of rotatable bonds is 3. The zero-order valence-electron chi connectivity index (χ0n) is 9.45. The van der Waals surface area contributed by atoms with E-state index in [0.29, 0.717) is 0 Å². The third-order valence-electron chi connectivity index (χ3n) is 2.32. The van der Waals surface area contributed by atoms with E-state index in [9.17, 15) is 13.2 Å². The monoisotopic (exact) mass is 288 g/mol. The van der Waals surface area contributed by atoms with Crippen molar-refractivity contribution in [2.75, 3.05) is 5.01 Å². The van der Waals surface area contributed by atoms with Crippen molar-refractivity contribution >= 4 is 17.3 Å². The third kappa shape index (κ3) is 3.50. The summed E-state index contributed by atoms with van der Waals surface area (Å²) < 4.78 is 37.3. The second-order valence-electron chi connectivity index (χ2n) is 3.58. The molecule has 0 aliphatic carbocycles.